The molecule has 0 bridgehead atoms. The van der Waals surface area contributed by atoms with E-state index in [0.717, 1.165) is 0 Å². The molecule has 0 aliphatic rings. The predicted octanol–water partition coefficient (Wildman–Crippen LogP) is 3.18. The second-order valence-electron chi connectivity index (χ2n) is 3.30. The molecular weight excluding hydrogens is 334 g/mol. The molecule has 0 N–H and O–H groups in total. The SMILES string of the molecule is CCOC(=O)C(C#N)c1c(F)c(F)c(Br)c(F)c1F. The first-order valence-corrected chi connectivity index (χ1v) is 5.73. The first kappa shape index (κ1) is 15.4. The maximum absolute atomic E-state index is 13.6. The van der Waals surface area contributed by atoms with Crippen molar-refractivity contribution in [3.63, 3.8) is 0 Å². The van der Waals surface area contributed by atoms with Gasteiger partial charge in [0.2, 0.25) is 0 Å². The van der Waals surface area contributed by atoms with E-state index in [-0.39, 0.29) is 6.61 Å². The Labute approximate surface area is 113 Å². The highest BCUT2D eigenvalue weighted by Gasteiger charge is 2.34. The van der Waals surface area contributed by atoms with E-state index in [1.54, 1.807) is 0 Å². The zero-order valence-corrected chi connectivity index (χ0v) is 11.0. The number of hydrogen-bond donors (Lipinski definition) is 0. The van der Waals surface area contributed by atoms with Gasteiger partial charge in [0.25, 0.3) is 0 Å². The lowest BCUT2D eigenvalue weighted by atomic mass is 9.99. The van der Waals surface area contributed by atoms with Crippen molar-refractivity contribution in [1.82, 2.24) is 0 Å². The van der Waals surface area contributed by atoms with Gasteiger partial charge in [-0.05, 0) is 22.9 Å². The van der Waals surface area contributed by atoms with Crippen molar-refractivity contribution in [1.29, 1.82) is 5.26 Å². The third-order valence-corrected chi connectivity index (χ3v) is 2.88. The number of ether oxygens (including phenoxy) is 1. The van der Waals surface area contributed by atoms with E-state index in [1.165, 1.54) is 13.0 Å². The molecule has 8 heteroatoms. The monoisotopic (exact) mass is 339 g/mol. The van der Waals surface area contributed by atoms with Gasteiger partial charge in [0.15, 0.2) is 29.2 Å². The second kappa shape index (κ2) is 6.02. The topological polar surface area (TPSA) is 50.1 Å². The van der Waals surface area contributed by atoms with Crippen LogP contribution in [0.3, 0.4) is 0 Å². The summed E-state index contributed by atoms with van der Waals surface area (Å²) < 4.78 is 57.1. The van der Waals surface area contributed by atoms with E-state index in [1.807, 2.05) is 0 Å². The lowest BCUT2D eigenvalue weighted by Crippen LogP contribution is -2.19. The number of nitriles is 1. The smallest absolute Gasteiger partial charge is 0.328 e. The molecule has 0 saturated carbocycles. The van der Waals surface area contributed by atoms with Crippen LogP contribution < -0.4 is 0 Å². The molecule has 0 fully saturated rings. The summed E-state index contributed by atoms with van der Waals surface area (Å²) in [5.74, 6) is -10.5. The van der Waals surface area contributed by atoms with E-state index in [0.29, 0.717) is 0 Å². The lowest BCUT2D eigenvalue weighted by molar-refractivity contribution is -0.143. The van der Waals surface area contributed by atoms with Gasteiger partial charge in [-0.15, -0.1) is 0 Å². The molecule has 1 aromatic rings. The minimum absolute atomic E-state index is 0.151. The lowest BCUT2D eigenvalue weighted by Gasteiger charge is -2.12. The van der Waals surface area contributed by atoms with Crippen molar-refractivity contribution in [2.45, 2.75) is 12.8 Å². The normalized spacial score (nSPS) is 11.8. The molecular formula is C11H6BrF4NO2. The molecule has 0 aromatic heterocycles. The molecule has 0 saturated heterocycles. The summed E-state index contributed by atoms with van der Waals surface area (Å²) in [6.45, 7) is 1.25. The zero-order valence-electron chi connectivity index (χ0n) is 9.44. The summed E-state index contributed by atoms with van der Waals surface area (Å²) in [5, 5.41) is 8.74. The standard InChI is InChI=1S/C11H6BrF4NO2/c1-2-19-11(18)4(3-17)5-7(13)9(15)6(12)10(16)8(5)14/h4H,2H2,1H3. The minimum Gasteiger partial charge on any atom is -0.465 e. The molecule has 0 heterocycles. The van der Waals surface area contributed by atoms with E-state index >= 15 is 0 Å². The Morgan fingerprint density at radius 3 is 2.11 bits per heavy atom. The summed E-state index contributed by atoms with van der Waals surface area (Å²) in [6.07, 6.45) is 0. The molecule has 1 atom stereocenters. The van der Waals surface area contributed by atoms with Gasteiger partial charge in [0.05, 0.1) is 22.7 Å². The number of nitrogens with zero attached hydrogens (tertiary/aromatic N) is 1. The Bertz CT molecular complexity index is 542. The van der Waals surface area contributed by atoms with Crippen LogP contribution >= 0.6 is 15.9 Å². The number of carbonyl (C=O) groups is 1. The molecule has 0 aliphatic carbocycles. The molecule has 102 valence electrons. The van der Waals surface area contributed by atoms with Crippen molar-refractivity contribution in [3.05, 3.63) is 33.3 Å². The predicted molar refractivity (Wildman–Crippen MR) is 59.0 cm³/mol. The first-order chi connectivity index (χ1) is 8.86. The van der Waals surface area contributed by atoms with Gasteiger partial charge >= 0.3 is 5.97 Å². The third-order valence-electron chi connectivity index (χ3n) is 2.18. The second-order valence-corrected chi connectivity index (χ2v) is 4.09. The average molecular weight is 340 g/mol. The summed E-state index contributed by atoms with van der Waals surface area (Å²) in [4.78, 5) is 11.4. The van der Waals surface area contributed by atoms with Crippen molar-refractivity contribution in [2.24, 2.45) is 0 Å². The molecule has 0 spiro atoms. The van der Waals surface area contributed by atoms with Crippen LogP contribution in [0.1, 0.15) is 18.4 Å². The Morgan fingerprint density at radius 2 is 1.74 bits per heavy atom. The summed E-state index contributed by atoms with van der Waals surface area (Å²) in [5.41, 5.74) is -1.31. The zero-order chi connectivity index (χ0) is 14.7. The molecule has 0 aliphatic heterocycles. The maximum Gasteiger partial charge on any atom is 0.328 e. The summed E-state index contributed by atoms with van der Waals surface area (Å²) in [6, 6.07) is 1.26. The summed E-state index contributed by atoms with van der Waals surface area (Å²) in [7, 11) is 0. The van der Waals surface area contributed by atoms with Crippen LogP contribution in [0, 0.1) is 34.6 Å². The molecule has 1 unspecified atom stereocenters. The maximum atomic E-state index is 13.6. The molecule has 19 heavy (non-hydrogen) atoms. The Balaban J connectivity index is 3.50. The minimum atomic E-state index is -2.09. The van der Waals surface area contributed by atoms with Crippen LogP contribution in [-0.2, 0) is 9.53 Å². The number of carbonyl (C=O) groups excluding carboxylic acids is 1. The van der Waals surface area contributed by atoms with Crippen molar-refractivity contribution in [2.75, 3.05) is 6.61 Å². The molecule has 3 nitrogen and oxygen atoms in total. The highest BCUT2D eigenvalue weighted by molar-refractivity contribution is 9.10. The highest BCUT2D eigenvalue weighted by atomic mass is 79.9. The number of esters is 1. The number of benzene rings is 1. The third kappa shape index (κ3) is 2.71. The first-order valence-electron chi connectivity index (χ1n) is 4.94. The van der Waals surface area contributed by atoms with Gasteiger partial charge in [-0.2, -0.15) is 5.26 Å². The van der Waals surface area contributed by atoms with Crippen molar-refractivity contribution in [3.8, 4) is 6.07 Å². The van der Waals surface area contributed by atoms with Gasteiger partial charge in [0, 0.05) is 0 Å². The number of hydrogen-bond acceptors (Lipinski definition) is 3. The van der Waals surface area contributed by atoms with Gasteiger partial charge < -0.3 is 4.74 Å². The average Bonchev–Trinajstić information content (AvgIpc) is 2.39. The van der Waals surface area contributed by atoms with Crippen LogP contribution in [0.4, 0.5) is 17.6 Å². The van der Waals surface area contributed by atoms with Crippen LogP contribution in [0.25, 0.3) is 0 Å². The fourth-order valence-electron chi connectivity index (χ4n) is 1.34. The number of rotatable bonds is 3. The van der Waals surface area contributed by atoms with Crippen LogP contribution in [0.15, 0.2) is 4.47 Å². The van der Waals surface area contributed by atoms with Crippen molar-refractivity contribution >= 4 is 21.9 Å². The van der Waals surface area contributed by atoms with Gasteiger partial charge in [-0.3, -0.25) is 4.79 Å². The Kier molecular flexibility index (Phi) is 4.89. The molecule has 0 amide bonds. The Hall–Kier alpha value is -1.62. The Morgan fingerprint density at radius 1 is 1.26 bits per heavy atom. The van der Waals surface area contributed by atoms with E-state index in [9.17, 15) is 22.4 Å². The fourth-order valence-corrected chi connectivity index (χ4v) is 1.68. The largest absolute Gasteiger partial charge is 0.465 e. The van der Waals surface area contributed by atoms with E-state index < -0.39 is 45.2 Å². The quantitative estimate of drug-likeness (QED) is 0.368. The summed E-state index contributed by atoms with van der Waals surface area (Å²) >= 11 is 2.32. The van der Waals surface area contributed by atoms with Crippen LogP contribution in [0.2, 0.25) is 0 Å². The van der Waals surface area contributed by atoms with Crippen molar-refractivity contribution < 1.29 is 27.1 Å². The number of halogens is 5. The van der Waals surface area contributed by atoms with Gasteiger partial charge in [0.1, 0.15) is 0 Å². The molecule has 0 radical (unpaired) electrons. The fraction of sp³-hybridized carbons (Fsp3) is 0.273. The van der Waals surface area contributed by atoms with E-state index in [4.69, 9.17) is 5.26 Å². The molecule has 1 rings (SSSR count). The van der Waals surface area contributed by atoms with Crippen LogP contribution in [-0.4, -0.2) is 12.6 Å². The van der Waals surface area contributed by atoms with Crippen LogP contribution in [0.5, 0.6) is 0 Å². The highest BCUT2D eigenvalue weighted by Crippen LogP contribution is 2.32. The molecule has 1 aromatic carbocycles. The van der Waals surface area contributed by atoms with Gasteiger partial charge in [-0.25, -0.2) is 17.6 Å². The van der Waals surface area contributed by atoms with E-state index in [2.05, 4.69) is 20.7 Å². The van der Waals surface area contributed by atoms with Gasteiger partial charge in [-0.1, -0.05) is 0 Å².